The number of hydrogen-bond acceptors (Lipinski definition) is 3. The molecule has 3 rings (SSSR count). The van der Waals surface area contributed by atoms with E-state index in [0.29, 0.717) is 18.5 Å². The van der Waals surface area contributed by atoms with Crippen LogP contribution in [0.4, 0.5) is 4.79 Å². The molecule has 0 radical (unpaired) electrons. The number of carbonyl (C=O) groups excluding carboxylic acids is 1. The van der Waals surface area contributed by atoms with E-state index >= 15 is 0 Å². The summed E-state index contributed by atoms with van der Waals surface area (Å²) in [6.45, 7) is 8.39. The van der Waals surface area contributed by atoms with Crippen LogP contribution >= 0.6 is 0 Å². The van der Waals surface area contributed by atoms with Crippen LogP contribution in [0.3, 0.4) is 0 Å². The number of ether oxygens (including phenoxy) is 1. The standard InChI is InChI=1S/C22H35N3O2/c1-17-6-4-8-19(14-17)21(25-10-12-27-13-11-25)16-23-22(26)24(3)20-9-5-7-18(2)15-20/h4,6,8,14,18,20-21H,5,7,9-13,15-16H2,1-3H3,(H,23,26). The first kappa shape index (κ1) is 20.2. The molecule has 1 heterocycles. The van der Waals surface area contributed by atoms with Crippen molar-refractivity contribution in [1.82, 2.24) is 15.1 Å². The summed E-state index contributed by atoms with van der Waals surface area (Å²) in [4.78, 5) is 17.2. The highest BCUT2D eigenvalue weighted by molar-refractivity contribution is 5.74. The highest BCUT2D eigenvalue weighted by atomic mass is 16.5. The van der Waals surface area contributed by atoms with E-state index in [1.807, 2.05) is 11.9 Å². The Morgan fingerprint density at radius 1 is 1.33 bits per heavy atom. The third-order valence-electron chi connectivity index (χ3n) is 6.14. The first-order chi connectivity index (χ1) is 13.0. The van der Waals surface area contributed by atoms with Crippen molar-refractivity contribution in [3.63, 3.8) is 0 Å². The molecule has 2 amide bonds. The second kappa shape index (κ2) is 9.56. The number of amides is 2. The number of nitrogens with one attached hydrogen (secondary N) is 1. The van der Waals surface area contributed by atoms with Crippen molar-refractivity contribution < 1.29 is 9.53 Å². The lowest BCUT2D eigenvalue weighted by Crippen LogP contribution is -2.49. The van der Waals surface area contributed by atoms with Gasteiger partial charge in [0.05, 0.1) is 19.3 Å². The van der Waals surface area contributed by atoms with Crippen LogP contribution in [0.25, 0.3) is 0 Å². The number of urea groups is 1. The molecular formula is C22H35N3O2. The van der Waals surface area contributed by atoms with Crippen LogP contribution in [0.5, 0.6) is 0 Å². The summed E-state index contributed by atoms with van der Waals surface area (Å²) in [6.07, 6.45) is 4.76. The molecular weight excluding hydrogens is 338 g/mol. The van der Waals surface area contributed by atoms with Crippen LogP contribution in [0.2, 0.25) is 0 Å². The van der Waals surface area contributed by atoms with Crippen molar-refractivity contribution in [2.75, 3.05) is 39.9 Å². The quantitative estimate of drug-likeness (QED) is 0.858. The minimum absolute atomic E-state index is 0.0556. The minimum atomic E-state index is 0.0556. The third-order valence-corrected chi connectivity index (χ3v) is 6.14. The van der Waals surface area contributed by atoms with E-state index in [1.165, 1.54) is 24.0 Å². The highest BCUT2D eigenvalue weighted by Crippen LogP contribution is 2.27. The van der Waals surface area contributed by atoms with Crippen LogP contribution < -0.4 is 5.32 Å². The Morgan fingerprint density at radius 2 is 2.11 bits per heavy atom. The van der Waals surface area contributed by atoms with Gasteiger partial charge in [-0.3, -0.25) is 4.90 Å². The second-order valence-electron chi connectivity index (χ2n) is 8.30. The van der Waals surface area contributed by atoms with Crippen molar-refractivity contribution in [2.24, 2.45) is 5.92 Å². The van der Waals surface area contributed by atoms with Gasteiger partial charge >= 0.3 is 6.03 Å². The summed E-state index contributed by atoms with van der Waals surface area (Å²) in [5.74, 6) is 0.715. The van der Waals surface area contributed by atoms with Gasteiger partial charge in [0.25, 0.3) is 0 Å². The zero-order valence-corrected chi connectivity index (χ0v) is 17.1. The van der Waals surface area contributed by atoms with Crippen molar-refractivity contribution in [2.45, 2.75) is 51.6 Å². The maximum atomic E-state index is 12.8. The van der Waals surface area contributed by atoms with E-state index in [1.54, 1.807) is 0 Å². The molecule has 0 aromatic heterocycles. The Morgan fingerprint density at radius 3 is 2.81 bits per heavy atom. The van der Waals surface area contributed by atoms with E-state index in [4.69, 9.17) is 4.74 Å². The molecule has 1 aliphatic heterocycles. The molecule has 1 aromatic carbocycles. The summed E-state index contributed by atoms with van der Waals surface area (Å²) in [6, 6.07) is 9.25. The van der Waals surface area contributed by atoms with Crippen molar-refractivity contribution in [1.29, 1.82) is 0 Å². The molecule has 1 N–H and O–H groups in total. The smallest absolute Gasteiger partial charge is 0.317 e. The van der Waals surface area contributed by atoms with Gasteiger partial charge in [-0.25, -0.2) is 4.79 Å². The number of carbonyl (C=O) groups is 1. The third kappa shape index (κ3) is 5.45. The molecule has 2 aliphatic rings. The van der Waals surface area contributed by atoms with Gasteiger partial charge in [-0.2, -0.15) is 0 Å². The Balaban J connectivity index is 1.64. The Bertz CT molecular complexity index is 615. The van der Waals surface area contributed by atoms with Gasteiger partial charge in [-0.05, 0) is 31.2 Å². The minimum Gasteiger partial charge on any atom is -0.379 e. The zero-order chi connectivity index (χ0) is 19.2. The molecule has 1 aliphatic carbocycles. The van der Waals surface area contributed by atoms with Gasteiger partial charge in [0, 0.05) is 32.7 Å². The molecule has 1 saturated carbocycles. The Labute approximate surface area is 164 Å². The molecule has 5 heteroatoms. The number of benzene rings is 1. The largest absolute Gasteiger partial charge is 0.379 e. The lowest BCUT2D eigenvalue weighted by atomic mass is 9.86. The fourth-order valence-electron chi connectivity index (χ4n) is 4.45. The van der Waals surface area contributed by atoms with E-state index in [9.17, 15) is 4.79 Å². The van der Waals surface area contributed by atoms with E-state index in [2.05, 4.69) is 48.3 Å². The maximum Gasteiger partial charge on any atom is 0.317 e. The number of nitrogens with zero attached hydrogens (tertiary/aromatic N) is 2. The maximum absolute atomic E-state index is 12.8. The predicted octanol–water partition coefficient (Wildman–Crippen LogP) is 3.59. The SMILES string of the molecule is Cc1cccc(C(CNC(=O)N(C)C2CCCC(C)C2)N2CCOCC2)c1. The summed E-state index contributed by atoms with van der Waals surface area (Å²) in [5, 5.41) is 3.21. The van der Waals surface area contributed by atoms with E-state index in [-0.39, 0.29) is 12.1 Å². The average Bonchev–Trinajstić information content (AvgIpc) is 2.68. The molecule has 1 aromatic rings. The lowest BCUT2D eigenvalue weighted by molar-refractivity contribution is 0.0164. The highest BCUT2D eigenvalue weighted by Gasteiger charge is 2.27. The average molecular weight is 374 g/mol. The monoisotopic (exact) mass is 373 g/mol. The van der Waals surface area contributed by atoms with Gasteiger partial charge in [0.15, 0.2) is 0 Å². The van der Waals surface area contributed by atoms with Gasteiger partial charge in [0.2, 0.25) is 0 Å². The molecule has 5 nitrogen and oxygen atoms in total. The van der Waals surface area contributed by atoms with Crippen molar-refractivity contribution in [3.05, 3.63) is 35.4 Å². The van der Waals surface area contributed by atoms with Gasteiger partial charge in [0.1, 0.15) is 0 Å². The lowest BCUT2D eigenvalue weighted by Gasteiger charge is -2.37. The van der Waals surface area contributed by atoms with E-state index < -0.39 is 0 Å². The molecule has 2 fully saturated rings. The molecule has 0 bridgehead atoms. The Kier molecular flexibility index (Phi) is 7.13. The number of morpholine rings is 1. The number of hydrogen-bond donors (Lipinski definition) is 1. The van der Waals surface area contributed by atoms with E-state index in [0.717, 1.165) is 39.1 Å². The van der Waals surface area contributed by atoms with Crippen LogP contribution in [0.15, 0.2) is 24.3 Å². The van der Waals surface area contributed by atoms with Gasteiger partial charge in [-0.1, -0.05) is 49.6 Å². The van der Waals surface area contributed by atoms with Gasteiger partial charge in [-0.15, -0.1) is 0 Å². The van der Waals surface area contributed by atoms with Crippen molar-refractivity contribution >= 4 is 6.03 Å². The fraction of sp³-hybridized carbons (Fsp3) is 0.682. The van der Waals surface area contributed by atoms with Gasteiger partial charge < -0.3 is 15.0 Å². The van der Waals surface area contributed by atoms with Crippen LogP contribution in [0, 0.1) is 12.8 Å². The zero-order valence-electron chi connectivity index (χ0n) is 17.1. The van der Waals surface area contributed by atoms with Crippen LogP contribution in [-0.4, -0.2) is 61.8 Å². The molecule has 27 heavy (non-hydrogen) atoms. The summed E-state index contributed by atoms with van der Waals surface area (Å²) < 4.78 is 5.53. The fourth-order valence-corrected chi connectivity index (χ4v) is 4.45. The topological polar surface area (TPSA) is 44.8 Å². The normalized spacial score (nSPS) is 25.0. The van der Waals surface area contributed by atoms with Crippen LogP contribution in [-0.2, 0) is 4.74 Å². The summed E-state index contributed by atoms with van der Waals surface area (Å²) in [7, 11) is 1.95. The predicted molar refractivity (Wildman–Crippen MR) is 109 cm³/mol. The first-order valence-electron chi connectivity index (χ1n) is 10.4. The molecule has 3 unspecified atom stereocenters. The summed E-state index contributed by atoms with van der Waals surface area (Å²) in [5.41, 5.74) is 2.52. The number of rotatable bonds is 5. The molecule has 0 spiro atoms. The molecule has 3 atom stereocenters. The van der Waals surface area contributed by atoms with Crippen LogP contribution in [0.1, 0.15) is 49.8 Å². The molecule has 1 saturated heterocycles. The number of aryl methyl sites for hydroxylation is 1. The first-order valence-corrected chi connectivity index (χ1v) is 10.4. The summed E-state index contributed by atoms with van der Waals surface area (Å²) >= 11 is 0. The second-order valence-corrected chi connectivity index (χ2v) is 8.30. The Hall–Kier alpha value is -1.59. The molecule has 150 valence electrons. The van der Waals surface area contributed by atoms with Crippen molar-refractivity contribution in [3.8, 4) is 0 Å².